The van der Waals surface area contributed by atoms with E-state index in [2.05, 4.69) is 71.8 Å². The molecule has 0 aromatic heterocycles. The first-order valence-corrected chi connectivity index (χ1v) is 10.2. The minimum absolute atomic E-state index is 0. The van der Waals surface area contributed by atoms with Gasteiger partial charge in [0.15, 0.2) is 0 Å². The predicted octanol–water partition coefficient (Wildman–Crippen LogP) is -15.6. The average molecular weight is 617 g/mol. The van der Waals surface area contributed by atoms with Crippen molar-refractivity contribution >= 4 is 66.9 Å². The number of halogens is 4. The molecule has 0 fully saturated rings. The Hall–Kier alpha value is 3.17. The van der Waals surface area contributed by atoms with Gasteiger partial charge in [0.1, 0.15) is 0 Å². The van der Waals surface area contributed by atoms with E-state index in [4.69, 9.17) is 0 Å². The van der Waals surface area contributed by atoms with Crippen molar-refractivity contribution in [2.45, 2.75) is 0 Å². The fraction of sp³-hybridized carbons (Fsp3) is 1.00. The molecule has 0 aliphatic heterocycles. The van der Waals surface area contributed by atoms with Crippen LogP contribution in [0.2, 0.25) is 0 Å². The summed E-state index contributed by atoms with van der Waals surface area (Å²) in [6.07, 6.45) is 0. The second kappa shape index (κ2) is 43.2. The zero-order valence-corrected chi connectivity index (χ0v) is 29.0. The number of hydrogen-bond acceptors (Lipinski definition) is 4. The molecule has 0 heterocycles. The van der Waals surface area contributed by atoms with Crippen LogP contribution in [-0.4, -0.2) is 139 Å². The Balaban J connectivity index is -0.0000000150. The second-order valence-electron chi connectivity index (χ2n) is 4.32. The molecule has 0 aromatic carbocycles. The van der Waals surface area contributed by atoms with Gasteiger partial charge in [0.2, 0.25) is 0 Å². The van der Waals surface area contributed by atoms with Crippen LogP contribution in [0, 0.1) is 0 Å². The van der Waals surface area contributed by atoms with Gasteiger partial charge in [-0.25, -0.2) is 0 Å². The van der Waals surface area contributed by atoms with Gasteiger partial charge in [-0.05, 0) is 0 Å². The van der Waals surface area contributed by atoms with Gasteiger partial charge in [-0.15, -0.1) is 0 Å². The van der Waals surface area contributed by atoms with Gasteiger partial charge in [-0.1, -0.05) is 0 Å². The third-order valence-corrected chi connectivity index (χ3v) is 0. The van der Waals surface area contributed by atoms with Crippen LogP contribution < -0.4 is 49.6 Å². The molecule has 128 valence electrons. The number of nitrogens with zero attached hydrogens (tertiary/aromatic N) is 4. The quantitative estimate of drug-likeness (QED) is 0.251. The Morgan fingerprint density at radius 2 is 0.350 bits per heavy atom. The normalized spacial score (nSPS) is 7.00. The molecular weight excluding hydrogens is 584 g/mol. The van der Waals surface area contributed by atoms with Crippen molar-refractivity contribution < 1.29 is 49.6 Å². The molecular formula is C8H32Cl4Ge4N4. The molecule has 0 N–H and O–H groups in total. The fourth-order valence-corrected chi connectivity index (χ4v) is 0. The number of hydrogen-bond donors (Lipinski definition) is 0. The molecule has 0 rings (SSSR count). The summed E-state index contributed by atoms with van der Waals surface area (Å²) in [7, 11) is 16.4. The summed E-state index contributed by atoms with van der Waals surface area (Å²) in [6.45, 7) is 0. The average Bonchev–Trinajstić information content (AvgIpc) is 1.76. The summed E-state index contributed by atoms with van der Waals surface area (Å²) in [5, 5.41) is 0. The third kappa shape index (κ3) is 856. The maximum absolute atomic E-state index is 2.12. The van der Waals surface area contributed by atoms with E-state index in [0.717, 1.165) is 0 Å². The van der Waals surface area contributed by atoms with E-state index in [0.29, 0.717) is 0 Å². The summed E-state index contributed by atoms with van der Waals surface area (Å²) in [5.41, 5.74) is 0. The van der Waals surface area contributed by atoms with Crippen LogP contribution in [0.25, 0.3) is 0 Å². The Morgan fingerprint density at radius 1 is 0.350 bits per heavy atom. The molecule has 4 nitrogen and oxygen atoms in total. The van der Waals surface area contributed by atoms with Crippen LogP contribution in [0.5, 0.6) is 0 Å². The molecule has 0 atom stereocenters. The van der Waals surface area contributed by atoms with Crippen LogP contribution in [0.4, 0.5) is 0 Å². The van der Waals surface area contributed by atoms with Crippen molar-refractivity contribution in [3.05, 3.63) is 0 Å². The van der Waals surface area contributed by atoms with Crippen LogP contribution in [0.3, 0.4) is 0 Å². The van der Waals surface area contributed by atoms with E-state index < -0.39 is 0 Å². The van der Waals surface area contributed by atoms with Gasteiger partial charge in [0, 0.05) is 0 Å². The molecule has 0 amide bonds. The second-order valence-corrected chi connectivity index (χ2v) is 14.9. The van der Waals surface area contributed by atoms with Crippen molar-refractivity contribution in [1.29, 1.82) is 0 Å². The van der Waals surface area contributed by atoms with Crippen molar-refractivity contribution in [2.24, 2.45) is 0 Å². The summed E-state index contributed by atoms with van der Waals surface area (Å²) >= 11 is 5.06. The van der Waals surface area contributed by atoms with Crippen LogP contribution in [-0.2, 0) is 0 Å². The van der Waals surface area contributed by atoms with Gasteiger partial charge in [0.05, 0.1) is 0 Å². The third-order valence-electron chi connectivity index (χ3n) is 0. The fourth-order valence-electron chi connectivity index (χ4n) is 0. The predicted molar refractivity (Wildman–Crippen MR) is 88.9 cm³/mol. The maximum Gasteiger partial charge on any atom is -1.00 e. The Labute approximate surface area is 186 Å². The molecule has 0 unspecified atom stereocenters. The van der Waals surface area contributed by atoms with Gasteiger partial charge >= 0.3 is 139 Å². The van der Waals surface area contributed by atoms with Gasteiger partial charge in [0.25, 0.3) is 0 Å². The van der Waals surface area contributed by atoms with E-state index in [1.54, 1.807) is 0 Å². The largest absolute Gasteiger partial charge is 1.00 e. The standard InChI is InChI=1S/4C2H8GeN.4ClH/c4*1-4(2)3;;;;/h4*3H2,1-2H3;4*1H/q4*+1;;;;/p-4. The Bertz CT molecular complexity index is 81.5. The molecule has 0 aliphatic carbocycles. The SMILES string of the molecule is C[N](C)[GeH2+].C[N](C)[GeH2+].C[N](C)[GeH2+].C[N](C)[GeH2+].[Cl-].[Cl-].[Cl-].[Cl-]. The maximum atomic E-state index is 2.12. The van der Waals surface area contributed by atoms with E-state index in [1.165, 1.54) is 66.9 Å². The first-order valence-electron chi connectivity index (χ1n) is 4.84. The van der Waals surface area contributed by atoms with Crippen molar-refractivity contribution in [3.8, 4) is 0 Å². The van der Waals surface area contributed by atoms with E-state index in [1.807, 2.05) is 0 Å². The van der Waals surface area contributed by atoms with Gasteiger partial charge < -0.3 is 49.6 Å². The first kappa shape index (κ1) is 49.5. The van der Waals surface area contributed by atoms with E-state index >= 15 is 0 Å². The Kier molecular flexibility index (Phi) is 107. The van der Waals surface area contributed by atoms with Crippen LogP contribution in [0.1, 0.15) is 0 Å². The summed E-state index contributed by atoms with van der Waals surface area (Å²) in [4.78, 5) is 0. The molecule has 20 heavy (non-hydrogen) atoms. The van der Waals surface area contributed by atoms with Gasteiger partial charge in [-0.2, -0.15) is 0 Å². The molecule has 0 radical (unpaired) electrons. The topological polar surface area (TPSA) is 13.0 Å². The van der Waals surface area contributed by atoms with Crippen LogP contribution in [0.15, 0.2) is 0 Å². The zero-order chi connectivity index (χ0) is 14.3. The van der Waals surface area contributed by atoms with Crippen molar-refractivity contribution in [2.75, 3.05) is 56.4 Å². The van der Waals surface area contributed by atoms with E-state index in [9.17, 15) is 0 Å². The van der Waals surface area contributed by atoms with Crippen LogP contribution >= 0.6 is 0 Å². The minimum atomic E-state index is 0. The van der Waals surface area contributed by atoms with Gasteiger partial charge in [-0.3, -0.25) is 0 Å². The molecule has 0 spiro atoms. The zero-order valence-electron chi connectivity index (χ0n) is 14.1. The molecule has 12 heteroatoms. The molecule has 0 aromatic rings. The summed E-state index contributed by atoms with van der Waals surface area (Å²) < 4.78 is 8.50. The summed E-state index contributed by atoms with van der Waals surface area (Å²) in [6, 6.07) is 0. The molecule has 0 aliphatic rings. The van der Waals surface area contributed by atoms with Crippen molar-refractivity contribution in [1.82, 2.24) is 15.4 Å². The Morgan fingerprint density at radius 3 is 0.350 bits per heavy atom. The number of rotatable bonds is 0. The van der Waals surface area contributed by atoms with Crippen molar-refractivity contribution in [3.63, 3.8) is 0 Å². The molecule has 0 saturated heterocycles. The summed E-state index contributed by atoms with van der Waals surface area (Å²) in [5.74, 6) is 0. The van der Waals surface area contributed by atoms with E-state index in [-0.39, 0.29) is 49.6 Å². The molecule has 0 bridgehead atoms. The monoisotopic (exact) mass is 620 g/mol. The molecule has 0 saturated carbocycles. The first-order chi connectivity index (χ1) is 6.93. The smallest absolute Gasteiger partial charge is 1.00 e. The minimum Gasteiger partial charge on any atom is -1.00 e.